The molecule has 10 nitrogen and oxygen atoms in total. The first-order chi connectivity index (χ1) is 20.4. The summed E-state index contributed by atoms with van der Waals surface area (Å²) in [5, 5.41) is 11.8. The summed E-state index contributed by atoms with van der Waals surface area (Å²) in [6.07, 6.45) is 4.38. The van der Waals surface area contributed by atoms with Crippen molar-refractivity contribution >= 4 is 23.1 Å². The molecule has 224 valence electrons. The molecule has 0 aliphatic carbocycles. The number of unbranched alkanes of at least 4 members (excludes halogenated alkanes) is 1. The minimum Gasteiger partial charge on any atom is -0.505 e. The average Bonchev–Trinajstić information content (AvgIpc) is 3.46. The number of pyridine rings is 1. The van der Waals surface area contributed by atoms with E-state index in [1.165, 1.54) is 0 Å². The van der Waals surface area contributed by atoms with Gasteiger partial charge in [-0.2, -0.15) is 0 Å². The van der Waals surface area contributed by atoms with Crippen LogP contribution in [0.4, 0.5) is 0 Å². The number of hydrogen-bond donors (Lipinski definition) is 1. The molecule has 2 fully saturated rings. The predicted molar refractivity (Wildman–Crippen MR) is 159 cm³/mol. The minimum absolute atomic E-state index is 0.0437. The molecule has 1 unspecified atom stereocenters. The Labute approximate surface area is 246 Å². The molecule has 2 aromatic heterocycles. The highest BCUT2D eigenvalue weighted by atomic mass is 16.5. The maximum atomic E-state index is 13.7. The number of ether oxygens (including phenoxy) is 3. The molecule has 2 saturated heterocycles. The summed E-state index contributed by atoms with van der Waals surface area (Å²) < 4.78 is 19.1. The molecule has 2 aliphatic rings. The lowest BCUT2D eigenvalue weighted by Crippen LogP contribution is -2.39. The van der Waals surface area contributed by atoms with Crippen molar-refractivity contribution in [2.75, 3.05) is 52.6 Å². The van der Waals surface area contributed by atoms with Gasteiger partial charge in [-0.05, 0) is 56.5 Å². The van der Waals surface area contributed by atoms with Gasteiger partial charge in [-0.1, -0.05) is 25.5 Å². The molecule has 3 aromatic rings. The third-order valence-corrected chi connectivity index (χ3v) is 7.78. The van der Waals surface area contributed by atoms with Crippen molar-refractivity contribution < 1.29 is 28.9 Å². The second-order valence-corrected chi connectivity index (χ2v) is 10.6. The van der Waals surface area contributed by atoms with Crippen molar-refractivity contribution in [3.63, 3.8) is 0 Å². The molecule has 0 spiro atoms. The van der Waals surface area contributed by atoms with E-state index in [1.54, 1.807) is 22.4 Å². The zero-order chi connectivity index (χ0) is 29.6. The van der Waals surface area contributed by atoms with Gasteiger partial charge in [0.25, 0.3) is 11.7 Å². The van der Waals surface area contributed by atoms with Crippen molar-refractivity contribution in [1.82, 2.24) is 19.2 Å². The number of aliphatic hydroxyl groups excluding tert-OH is 1. The smallest absolute Gasteiger partial charge is 0.295 e. The number of morpholine rings is 1. The number of amides is 1. The second kappa shape index (κ2) is 13.4. The topological polar surface area (TPSA) is 106 Å². The number of carbonyl (C=O) groups excluding carboxylic acids is 2. The number of Topliss-reactive ketones (excluding diaryl/α,β-unsaturated/α-hetero) is 1. The molecular weight excluding hydrogens is 536 g/mol. The van der Waals surface area contributed by atoms with Crippen LogP contribution in [0.25, 0.3) is 11.4 Å². The average molecular weight is 577 g/mol. The van der Waals surface area contributed by atoms with Crippen LogP contribution >= 0.6 is 0 Å². The summed E-state index contributed by atoms with van der Waals surface area (Å²) in [4.78, 5) is 35.7. The Kier molecular flexibility index (Phi) is 9.44. The van der Waals surface area contributed by atoms with Crippen LogP contribution in [-0.4, -0.2) is 88.6 Å². The van der Waals surface area contributed by atoms with Gasteiger partial charge in [0, 0.05) is 32.4 Å². The van der Waals surface area contributed by atoms with E-state index in [-0.39, 0.29) is 11.3 Å². The van der Waals surface area contributed by atoms with Crippen molar-refractivity contribution in [1.29, 1.82) is 0 Å². The van der Waals surface area contributed by atoms with Crippen LogP contribution < -0.4 is 9.47 Å². The van der Waals surface area contributed by atoms with E-state index in [0.717, 1.165) is 32.5 Å². The summed E-state index contributed by atoms with van der Waals surface area (Å²) in [6.45, 7) is 11.0. The normalized spacial score (nSPS) is 19.1. The summed E-state index contributed by atoms with van der Waals surface area (Å²) in [6, 6.07) is 10.2. The van der Waals surface area contributed by atoms with Gasteiger partial charge in [-0.15, -0.1) is 0 Å². The maximum absolute atomic E-state index is 13.7. The molecule has 1 N–H and O–H groups in total. The lowest BCUT2D eigenvalue weighted by atomic mass is 9.95. The largest absolute Gasteiger partial charge is 0.505 e. The zero-order valence-corrected chi connectivity index (χ0v) is 24.7. The van der Waals surface area contributed by atoms with Gasteiger partial charge < -0.3 is 24.2 Å². The Bertz CT molecular complexity index is 1460. The van der Waals surface area contributed by atoms with Gasteiger partial charge in [0.15, 0.2) is 17.3 Å². The molecular formula is C32H40N4O6. The van der Waals surface area contributed by atoms with Gasteiger partial charge in [0.2, 0.25) is 0 Å². The second-order valence-electron chi connectivity index (χ2n) is 10.6. The van der Waals surface area contributed by atoms with Gasteiger partial charge in [0.05, 0.1) is 43.7 Å². The van der Waals surface area contributed by atoms with E-state index >= 15 is 0 Å². The molecule has 42 heavy (non-hydrogen) atoms. The molecule has 1 atom stereocenters. The highest BCUT2D eigenvalue weighted by Gasteiger charge is 2.46. The number of aliphatic hydroxyl groups is 1. The summed E-state index contributed by atoms with van der Waals surface area (Å²) >= 11 is 0. The number of imidazole rings is 1. The number of aromatic nitrogens is 2. The minimum atomic E-state index is -0.799. The molecule has 1 amide bonds. The van der Waals surface area contributed by atoms with Crippen molar-refractivity contribution in [3.8, 4) is 11.5 Å². The van der Waals surface area contributed by atoms with E-state index in [1.807, 2.05) is 43.3 Å². The number of ketones is 1. The number of aryl methyl sites for hydroxylation is 1. The first kappa shape index (κ1) is 29.6. The summed E-state index contributed by atoms with van der Waals surface area (Å²) in [5.74, 6) is -0.440. The maximum Gasteiger partial charge on any atom is 0.295 e. The molecule has 0 saturated carbocycles. The quantitative estimate of drug-likeness (QED) is 0.147. The molecule has 2 aliphatic heterocycles. The van der Waals surface area contributed by atoms with Gasteiger partial charge in [0.1, 0.15) is 11.3 Å². The Morgan fingerprint density at radius 2 is 1.86 bits per heavy atom. The van der Waals surface area contributed by atoms with E-state index in [2.05, 4.69) is 16.8 Å². The third-order valence-electron chi connectivity index (χ3n) is 7.78. The van der Waals surface area contributed by atoms with E-state index in [4.69, 9.17) is 14.2 Å². The van der Waals surface area contributed by atoms with Gasteiger partial charge >= 0.3 is 0 Å². The fraction of sp³-hybridized carbons (Fsp3) is 0.469. The highest BCUT2D eigenvalue weighted by Crippen LogP contribution is 2.42. The third kappa shape index (κ3) is 6.00. The number of likely N-dealkylation sites (tertiary alicyclic amines) is 1. The predicted octanol–water partition coefficient (Wildman–Crippen LogP) is 4.36. The lowest BCUT2D eigenvalue weighted by Gasteiger charge is -2.29. The van der Waals surface area contributed by atoms with Crippen LogP contribution in [0.3, 0.4) is 0 Å². The Balaban J connectivity index is 1.56. The Morgan fingerprint density at radius 1 is 1.05 bits per heavy atom. The highest BCUT2D eigenvalue weighted by molar-refractivity contribution is 6.46. The molecule has 0 radical (unpaired) electrons. The molecule has 1 aromatic carbocycles. The van der Waals surface area contributed by atoms with Crippen molar-refractivity contribution in [2.24, 2.45) is 0 Å². The van der Waals surface area contributed by atoms with Crippen LogP contribution in [0.15, 0.2) is 48.2 Å². The Morgan fingerprint density at radius 3 is 2.62 bits per heavy atom. The fourth-order valence-electron chi connectivity index (χ4n) is 5.68. The SMILES string of the molecule is CCCCOc1ccc(C2/C(=C(\O)c3c(C)nc4ccccn34)C(=O)C(=O)N2CCCN2CCOCC2)cc1OCC. The van der Waals surface area contributed by atoms with Crippen LogP contribution in [0.1, 0.15) is 56.1 Å². The standard InChI is InChI=1S/C32H40N4O6/c1-4-6-18-42-24-12-11-23(21-25(24)41-5-2)29-27(30(37)28-22(3)33-26-10-7-8-14-35(26)28)31(38)32(39)36(29)15-9-13-34-16-19-40-20-17-34/h7-8,10-12,14,21,29,37H,4-6,9,13,15-20H2,1-3H3/b30-27+. The van der Waals surface area contributed by atoms with Crippen LogP contribution in [-0.2, 0) is 14.3 Å². The fourth-order valence-corrected chi connectivity index (χ4v) is 5.68. The number of nitrogens with zero attached hydrogens (tertiary/aromatic N) is 4. The summed E-state index contributed by atoms with van der Waals surface area (Å²) in [7, 11) is 0. The summed E-state index contributed by atoms with van der Waals surface area (Å²) in [5.41, 5.74) is 2.30. The monoisotopic (exact) mass is 576 g/mol. The van der Waals surface area contributed by atoms with Crippen LogP contribution in [0, 0.1) is 6.92 Å². The molecule has 4 heterocycles. The number of benzene rings is 1. The Hall–Kier alpha value is -3.89. The molecule has 10 heteroatoms. The van der Waals surface area contributed by atoms with Crippen molar-refractivity contribution in [2.45, 2.75) is 46.1 Å². The number of rotatable bonds is 12. The number of carbonyl (C=O) groups is 2. The van der Waals surface area contributed by atoms with E-state index < -0.39 is 17.7 Å². The van der Waals surface area contributed by atoms with E-state index in [9.17, 15) is 14.7 Å². The number of hydrogen-bond acceptors (Lipinski definition) is 8. The van der Waals surface area contributed by atoms with Crippen LogP contribution in [0.5, 0.6) is 11.5 Å². The number of fused-ring (bicyclic) bond motifs is 1. The van der Waals surface area contributed by atoms with Crippen LogP contribution in [0.2, 0.25) is 0 Å². The first-order valence-electron chi connectivity index (χ1n) is 14.9. The van der Waals surface area contributed by atoms with Crippen molar-refractivity contribution in [3.05, 3.63) is 65.1 Å². The first-order valence-corrected chi connectivity index (χ1v) is 14.9. The zero-order valence-electron chi connectivity index (χ0n) is 24.7. The van der Waals surface area contributed by atoms with Gasteiger partial charge in [-0.25, -0.2) is 4.98 Å². The lowest BCUT2D eigenvalue weighted by molar-refractivity contribution is -0.140. The molecule has 5 rings (SSSR count). The van der Waals surface area contributed by atoms with E-state index in [0.29, 0.717) is 73.5 Å². The van der Waals surface area contributed by atoms with Gasteiger partial charge in [-0.3, -0.25) is 18.9 Å². The molecule has 0 bridgehead atoms.